The Morgan fingerprint density at radius 3 is 2.69 bits per heavy atom. The summed E-state index contributed by atoms with van der Waals surface area (Å²) in [7, 11) is 1.30. The van der Waals surface area contributed by atoms with Crippen LogP contribution in [0.15, 0.2) is 21.8 Å². The fourth-order valence-electron chi connectivity index (χ4n) is 4.50. The summed E-state index contributed by atoms with van der Waals surface area (Å²) in [5, 5.41) is 7.92. The number of rotatable bonds is 9. The van der Waals surface area contributed by atoms with Crippen molar-refractivity contribution < 1.29 is 38.2 Å². The molecule has 2 amide bonds. The molecular formula is C26H35N5O8S3. The fraction of sp³-hybridized carbons (Fsp3) is 0.615. The number of thiocarbonyl (C=S) groups is 1. The molecule has 4 heterocycles. The average molecular weight is 642 g/mol. The molecular weight excluding hydrogens is 607 g/mol. The highest BCUT2D eigenvalue weighted by Gasteiger charge is 2.54. The maximum Gasteiger partial charge on any atom is 0.314 e. The Morgan fingerprint density at radius 1 is 1.33 bits per heavy atom. The zero-order chi connectivity index (χ0) is 30.8. The van der Waals surface area contributed by atoms with Crippen molar-refractivity contribution in [1.82, 2.24) is 15.2 Å². The molecule has 0 aromatic carbocycles. The van der Waals surface area contributed by atoms with Gasteiger partial charge in [0, 0.05) is 11.1 Å². The number of nitrogens with one attached hydrogen (secondary N) is 1. The molecule has 2 fully saturated rings. The SMILES string of the molecule is CO/N=C(\C(=O)NC1C(=O)N2C(C(=S)OCOC(=O)C(C)(C)C)=C(CC3CCOC(C)(C)O3)CS[C@H]12)c1csc(N)n1. The molecule has 2 saturated heterocycles. The van der Waals surface area contributed by atoms with E-state index < -0.39 is 41.3 Å². The number of hydrogen-bond donors (Lipinski definition) is 2. The van der Waals surface area contributed by atoms with Crippen LogP contribution in [0.25, 0.3) is 0 Å². The van der Waals surface area contributed by atoms with Gasteiger partial charge in [-0.1, -0.05) is 5.16 Å². The topological polar surface area (TPSA) is 164 Å². The molecule has 0 bridgehead atoms. The first-order chi connectivity index (χ1) is 19.7. The predicted octanol–water partition coefficient (Wildman–Crippen LogP) is 2.55. The van der Waals surface area contributed by atoms with Crippen LogP contribution in [0.5, 0.6) is 0 Å². The molecule has 230 valence electrons. The highest BCUT2D eigenvalue weighted by Crippen LogP contribution is 2.43. The van der Waals surface area contributed by atoms with Crippen molar-refractivity contribution in [2.45, 2.75) is 70.8 Å². The molecule has 3 N–H and O–H groups in total. The zero-order valence-electron chi connectivity index (χ0n) is 24.3. The number of carbonyl (C=O) groups excluding carboxylic acids is 3. The zero-order valence-corrected chi connectivity index (χ0v) is 26.7. The second-order valence-corrected chi connectivity index (χ2v) is 13.6. The number of β-lactam (4-membered cyclic amide) rings is 1. The van der Waals surface area contributed by atoms with E-state index in [0.29, 0.717) is 30.9 Å². The highest BCUT2D eigenvalue weighted by molar-refractivity contribution is 8.00. The molecule has 3 aliphatic heterocycles. The number of nitrogens with two attached hydrogens (primary N) is 1. The molecule has 4 rings (SSSR count). The number of thioether (sulfide) groups is 1. The third-order valence-corrected chi connectivity index (χ3v) is 8.82. The Hall–Kier alpha value is -2.79. The van der Waals surface area contributed by atoms with Crippen molar-refractivity contribution in [2.75, 3.05) is 32.0 Å². The van der Waals surface area contributed by atoms with Crippen LogP contribution < -0.4 is 11.1 Å². The van der Waals surface area contributed by atoms with E-state index in [1.54, 1.807) is 26.2 Å². The van der Waals surface area contributed by atoms with E-state index in [0.717, 1.165) is 16.9 Å². The van der Waals surface area contributed by atoms with Crippen LogP contribution in [0.4, 0.5) is 5.13 Å². The largest absolute Gasteiger partial charge is 0.445 e. The van der Waals surface area contributed by atoms with Crippen LogP contribution >= 0.6 is 35.3 Å². The Labute approximate surface area is 257 Å². The van der Waals surface area contributed by atoms with Crippen LogP contribution in [0.2, 0.25) is 0 Å². The first kappa shape index (κ1) is 32.1. The van der Waals surface area contributed by atoms with Gasteiger partial charge >= 0.3 is 5.97 Å². The van der Waals surface area contributed by atoms with Gasteiger partial charge in [0.05, 0.1) is 23.8 Å². The normalized spacial score (nSPS) is 24.0. The Morgan fingerprint density at radius 2 is 2.07 bits per heavy atom. The van der Waals surface area contributed by atoms with Crippen LogP contribution in [0, 0.1) is 5.41 Å². The summed E-state index contributed by atoms with van der Waals surface area (Å²) >= 11 is 8.24. The van der Waals surface area contributed by atoms with Gasteiger partial charge in [-0.25, -0.2) is 4.98 Å². The third-order valence-electron chi connectivity index (χ3n) is 6.50. The fourth-order valence-corrected chi connectivity index (χ4v) is 6.70. The maximum atomic E-state index is 13.5. The lowest BCUT2D eigenvalue weighted by Gasteiger charge is -2.50. The van der Waals surface area contributed by atoms with E-state index in [1.807, 2.05) is 13.8 Å². The molecule has 3 aliphatic rings. The minimum Gasteiger partial charge on any atom is -0.445 e. The number of esters is 1. The molecule has 1 aromatic rings. The van der Waals surface area contributed by atoms with Crippen molar-refractivity contribution in [2.24, 2.45) is 10.6 Å². The number of ether oxygens (including phenoxy) is 4. The van der Waals surface area contributed by atoms with Crippen LogP contribution in [0.1, 0.15) is 53.2 Å². The number of aromatic nitrogens is 1. The summed E-state index contributed by atoms with van der Waals surface area (Å²) in [5.74, 6) is -1.70. The predicted molar refractivity (Wildman–Crippen MR) is 160 cm³/mol. The van der Waals surface area contributed by atoms with E-state index in [-0.39, 0.29) is 33.6 Å². The summed E-state index contributed by atoms with van der Waals surface area (Å²) < 4.78 is 22.7. The summed E-state index contributed by atoms with van der Waals surface area (Å²) in [6.45, 7) is 9.02. The molecule has 16 heteroatoms. The van der Waals surface area contributed by atoms with Crippen molar-refractivity contribution in [3.05, 3.63) is 22.3 Å². The van der Waals surface area contributed by atoms with Crippen molar-refractivity contribution in [3.8, 4) is 0 Å². The Kier molecular flexibility index (Phi) is 9.82. The first-order valence-electron chi connectivity index (χ1n) is 13.2. The summed E-state index contributed by atoms with van der Waals surface area (Å²) in [6, 6.07) is -0.864. The monoisotopic (exact) mass is 641 g/mol. The number of fused-ring (bicyclic) bond motifs is 1. The Balaban J connectivity index is 1.53. The van der Waals surface area contributed by atoms with Crippen LogP contribution in [-0.2, 0) is 38.2 Å². The molecule has 0 spiro atoms. The number of amides is 2. The quantitative estimate of drug-likeness (QED) is 0.101. The smallest absolute Gasteiger partial charge is 0.314 e. The summed E-state index contributed by atoms with van der Waals surface area (Å²) in [6.07, 6.45) is 0.993. The standard InChI is InChI=1S/C26H35N5O8S3/c1-25(2,3)23(34)37-12-36-22(40)18-13(9-14-7-8-38-26(4,5)39-14)10-41-21-17(20(33)31(18)21)29-19(32)16(30-35-6)15-11-42-24(27)28-15/h11,14,17,21H,7-10,12H2,1-6H3,(H2,27,28)(H,29,32)/b30-16-/t14?,17?,21-/m1/s1. The lowest BCUT2D eigenvalue weighted by Crippen LogP contribution is -2.71. The minimum atomic E-state index is -0.864. The first-order valence-corrected chi connectivity index (χ1v) is 15.5. The van der Waals surface area contributed by atoms with Crippen molar-refractivity contribution in [3.63, 3.8) is 0 Å². The molecule has 0 radical (unpaired) electrons. The highest BCUT2D eigenvalue weighted by atomic mass is 32.2. The molecule has 1 aromatic heterocycles. The molecule has 42 heavy (non-hydrogen) atoms. The van der Waals surface area contributed by atoms with Crippen molar-refractivity contribution >= 4 is 69.0 Å². The second kappa shape index (κ2) is 12.8. The van der Waals surface area contributed by atoms with E-state index in [4.69, 9.17) is 41.7 Å². The number of nitrogens with zero attached hydrogens (tertiary/aromatic N) is 3. The lowest BCUT2D eigenvalue weighted by molar-refractivity contribution is -0.272. The number of thiazole rings is 1. The molecule has 0 aliphatic carbocycles. The molecule has 13 nitrogen and oxygen atoms in total. The van der Waals surface area contributed by atoms with E-state index in [1.165, 1.54) is 23.8 Å². The molecule has 3 atom stereocenters. The van der Waals surface area contributed by atoms with Gasteiger partial charge in [0.2, 0.25) is 11.8 Å². The molecule has 2 unspecified atom stereocenters. The third kappa shape index (κ3) is 7.22. The van der Waals surface area contributed by atoms with Gasteiger partial charge in [0.25, 0.3) is 11.8 Å². The maximum absolute atomic E-state index is 13.5. The van der Waals surface area contributed by atoms with Crippen LogP contribution in [0.3, 0.4) is 0 Å². The second-order valence-electron chi connectivity index (χ2n) is 11.2. The van der Waals surface area contributed by atoms with Gasteiger partial charge in [-0.3, -0.25) is 19.3 Å². The van der Waals surface area contributed by atoms with Gasteiger partial charge in [0.15, 0.2) is 16.6 Å². The van der Waals surface area contributed by atoms with Gasteiger partial charge in [-0.05, 0) is 65.3 Å². The summed E-state index contributed by atoms with van der Waals surface area (Å²) in [4.78, 5) is 49.3. The van der Waals surface area contributed by atoms with Gasteiger partial charge < -0.3 is 34.8 Å². The van der Waals surface area contributed by atoms with E-state index in [9.17, 15) is 14.4 Å². The average Bonchev–Trinajstić information content (AvgIpc) is 3.34. The van der Waals surface area contributed by atoms with Gasteiger partial charge in [-0.2, -0.15) is 0 Å². The number of anilines is 1. The Bertz CT molecular complexity index is 1300. The lowest BCUT2D eigenvalue weighted by atomic mass is 9.98. The van der Waals surface area contributed by atoms with Crippen molar-refractivity contribution in [1.29, 1.82) is 0 Å². The van der Waals surface area contributed by atoms with Gasteiger partial charge in [0.1, 0.15) is 24.2 Å². The number of oxime groups is 1. The number of hydrogen-bond acceptors (Lipinski definition) is 14. The molecule has 0 saturated carbocycles. The van der Waals surface area contributed by atoms with Crippen LogP contribution in [-0.4, -0.2) is 88.0 Å². The number of nitrogen functional groups attached to an aromatic ring is 1. The van der Waals surface area contributed by atoms with Gasteiger partial charge in [-0.15, -0.1) is 23.1 Å². The van der Waals surface area contributed by atoms with E-state index >= 15 is 0 Å². The van der Waals surface area contributed by atoms with E-state index in [2.05, 4.69) is 15.5 Å². The number of carbonyl (C=O) groups is 3. The minimum absolute atomic E-state index is 0.0149. The summed E-state index contributed by atoms with van der Waals surface area (Å²) in [5.41, 5.74) is 6.40.